The topological polar surface area (TPSA) is 47.0 Å². The number of hydrogen-bond donors (Lipinski definition) is 0. The van der Waals surface area contributed by atoms with Crippen LogP contribution in [0.3, 0.4) is 0 Å². The lowest BCUT2D eigenvalue weighted by atomic mass is 10.0. The molecule has 0 atom stereocenters. The highest BCUT2D eigenvalue weighted by Crippen LogP contribution is 2.31. The Hall–Kier alpha value is -2.34. The van der Waals surface area contributed by atoms with E-state index in [1.807, 2.05) is 12.1 Å². The van der Waals surface area contributed by atoms with Gasteiger partial charge in [0, 0.05) is 29.0 Å². The van der Waals surface area contributed by atoms with E-state index in [9.17, 15) is 17.2 Å². The second-order valence-corrected chi connectivity index (χ2v) is 6.90. The number of rotatable bonds is 2. The van der Waals surface area contributed by atoms with Gasteiger partial charge in [-0.25, -0.2) is 17.2 Å². The molecule has 1 heterocycles. The van der Waals surface area contributed by atoms with Crippen molar-refractivity contribution in [1.82, 2.24) is 4.98 Å². The number of nitrogens with zero attached hydrogens (tertiary/aromatic N) is 1. The van der Waals surface area contributed by atoms with Crippen LogP contribution in [0.4, 0.5) is 8.78 Å². The third-order valence-electron chi connectivity index (χ3n) is 3.34. The number of halogens is 2. The normalized spacial score (nSPS) is 11.8. The quantitative estimate of drug-likeness (QED) is 0.725. The van der Waals surface area contributed by atoms with Crippen LogP contribution in [0.1, 0.15) is 0 Å². The van der Waals surface area contributed by atoms with E-state index in [0.717, 1.165) is 17.7 Å². The molecule has 0 saturated carbocycles. The summed E-state index contributed by atoms with van der Waals surface area (Å²) in [6.45, 7) is 0. The first kappa shape index (κ1) is 14.6. The van der Waals surface area contributed by atoms with Gasteiger partial charge in [0.15, 0.2) is 9.84 Å². The van der Waals surface area contributed by atoms with Crippen molar-refractivity contribution >= 4 is 20.7 Å². The Bertz CT molecular complexity index is 979. The second kappa shape index (κ2) is 5.14. The number of aromatic nitrogens is 1. The molecule has 0 unspecified atom stereocenters. The van der Waals surface area contributed by atoms with Crippen molar-refractivity contribution in [2.45, 2.75) is 4.90 Å². The molecule has 0 radical (unpaired) electrons. The fraction of sp³-hybridized carbons (Fsp3) is 0.0625. The zero-order valence-electron chi connectivity index (χ0n) is 11.5. The number of pyridine rings is 1. The molecular formula is C16H11F2NO2S. The summed E-state index contributed by atoms with van der Waals surface area (Å²) in [7, 11) is -3.83. The molecule has 0 amide bonds. The van der Waals surface area contributed by atoms with Gasteiger partial charge in [-0.1, -0.05) is 24.3 Å². The predicted molar refractivity (Wildman–Crippen MR) is 80.2 cm³/mol. The van der Waals surface area contributed by atoms with E-state index in [0.29, 0.717) is 17.1 Å². The first-order valence-corrected chi connectivity index (χ1v) is 8.30. The Labute approximate surface area is 126 Å². The van der Waals surface area contributed by atoms with Crippen LogP contribution in [0.5, 0.6) is 0 Å². The number of para-hydroxylation sites is 1. The molecule has 0 aliphatic heterocycles. The highest BCUT2D eigenvalue weighted by Gasteiger charge is 2.19. The summed E-state index contributed by atoms with van der Waals surface area (Å²) in [5, 5.41) is 0.784. The van der Waals surface area contributed by atoms with Crippen LogP contribution in [0, 0.1) is 11.6 Å². The fourth-order valence-corrected chi connectivity index (χ4v) is 3.07. The highest BCUT2D eigenvalue weighted by atomic mass is 32.2. The van der Waals surface area contributed by atoms with Crippen LogP contribution in [-0.2, 0) is 9.84 Å². The Balaban J connectivity index is 2.31. The van der Waals surface area contributed by atoms with Crippen LogP contribution in [0.25, 0.3) is 22.0 Å². The van der Waals surface area contributed by atoms with Crippen molar-refractivity contribution in [3.8, 4) is 11.1 Å². The van der Waals surface area contributed by atoms with Crippen molar-refractivity contribution in [3.05, 3.63) is 60.3 Å². The molecule has 0 saturated heterocycles. The molecule has 0 bridgehead atoms. The predicted octanol–water partition coefficient (Wildman–Crippen LogP) is 3.58. The molecular weight excluding hydrogens is 308 g/mol. The van der Waals surface area contributed by atoms with E-state index in [1.54, 1.807) is 24.4 Å². The highest BCUT2D eigenvalue weighted by molar-refractivity contribution is 7.90. The average molecular weight is 319 g/mol. The summed E-state index contributed by atoms with van der Waals surface area (Å²) >= 11 is 0. The largest absolute Gasteiger partial charge is 0.256 e. The maximum Gasteiger partial charge on any atom is 0.178 e. The molecule has 112 valence electrons. The SMILES string of the molecule is CS(=O)(=O)c1cc(F)c(-c2cccc3cccnc23)cc1F. The molecule has 0 aliphatic carbocycles. The standard InChI is InChI=1S/C16H11F2NO2S/c1-22(20,21)15-9-13(17)12(8-14(15)18)11-6-2-4-10-5-3-7-19-16(10)11/h2-9H,1H3. The van der Waals surface area contributed by atoms with Gasteiger partial charge < -0.3 is 0 Å². The van der Waals surface area contributed by atoms with Gasteiger partial charge in [-0.15, -0.1) is 0 Å². The van der Waals surface area contributed by atoms with Crippen molar-refractivity contribution in [2.75, 3.05) is 6.26 Å². The van der Waals surface area contributed by atoms with Crippen LogP contribution < -0.4 is 0 Å². The minimum absolute atomic E-state index is 0.0193. The maximum absolute atomic E-state index is 14.3. The van der Waals surface area contributed by atoms with E-state index >= 15 is 0 Å². The lowest BCUT2D eigenvalue weighted by Crippen LogP contribution is -2.03. The van der Waals surface area contributed by atoms with Crippen molar-refractivity contribution in [2.24, 2.45) is 0 Å². The van der Waals surface area contributed by atoms with E-state index in [2.05, 4.69) is 4.98 Å². The number of benzene rings is 2. The van der Waals surface area contributed by atoms with Gasteiger partial charge in [0.25, 0.3) is 0 Å². The maximum atomic E-state index is 14.3. The van der Waals surface area contributed by atoms with Crippen molar-refractivity contribution in [3.63, 3.8) is 0 Å². The van der Waals surface area contributed by atoms with Gasteiger partial charge in [-0.3, -0.25) is 4.98 Å². The number of sulfone groups is 1. The molecule has 0 aliphatic rings. The average Bonchev–Trinajstić information content (AvgIpc) is 2.47. The summed E-state index contributed by atoms with van der Waals surface area (Å²) in [4.78, 5) is 3.54. The molecule has 3 rings (SSSR count). The molecule has 3 nitrogen and oxygen atoms in total. The summed E-state index contributed by atoms with van der Waals surface area (Å²) in [6, 6.07) is 10.3. The summed E-state index contributed by atoms with van der Waals surface area (Å²) in [6.07, 6.45) is 2.40. The van der Waals surface area contributed by atoms with Gasteiger partial charge >= 0.3 is 0 Å². The van der Waals surface area contributed by atoms with Crippen LogP contribution in [0.15, 0.2) is 53.6 Å². The Morgan fingerprint density at radius 3 is 2.41 bits per heavy atom. The van der Waals surface area contributed by atoms with Gasteiger partial charge in [0.2, 0.25) is 0 Å². The molecule has 0 fully saturated rings. The fourth-order valence-electron chi connectivity index (χ4n) is 2.34. The lowest BCUT2D eigenvalue weighted by molar-refractivity contribution is 0.557. The van der Waals surface area contributed by atoms with Crippen molar-refractivity contribution in [1.29, 1.82) is 0 Å². The van der Waals surface area contributed by atoms with Gasteiger partial charge in [0.05, 0.1) is 5.52 Å². The van der Waals surface area contributed by atoms with Gasteiger partial charge in [-0.2, -0.15) is 0 Å². The van der Waals surface area contributed by atoms with Gasteiger partial charge in [-0.05, 0) is 18.2 Å². The number of hydrogen-bond acceptors (Lipinski definition) is 3. The van der Waals surface area contributed by atoms with E-state index < -0.39 is 26.4 Å². The lowest BCUT2D eigenvalue weighted by Gasteiger charge is -2.09. The molecule has 22 heavy (non-hydrogen) atoms. The molecule has 0 N–H and O–H groups in total. The van der Waals surface area contributed by atoms with Crippen LogP contribution in [0.2, 0.25) is 0 Å². The zero-order chi connectivity index (χ0) is 15.9. The summed E-state index contributed by atoms with van der Waals surface area (Å²) < 4.78 is 51.3. The summed E-state index contributed by atoms with van der Waals surface area (Å²) in [5.74, 6) is -1.79. The third-order valence-corrected chi connectivity index (χ3v) is 4.46. The first-order chi connectivity index (χ1) is 10.4. The van der Waals surface area contributed by atoms with E-state index in [4.69, 9.17) is 0 Å². The molecule has 2 aromatic carbocycles. The molecule has 6 heteroatoms. The van der Waals surface area contributed by atoms with Crippen LogP contribution in [-0.4, -0.2) is 19.7 Å². The van der Waals surface area contributed by atoms with E-state index in [-0.39, 0.29) is 5.56 Å². The minimum atomic E-state index is -3.83. The minimum Gasteiger partial charge on any atom is -0.256 e. The Morgan fingerprint density at radius 1 is 0.955 bits per heavy atom. The summed E-state index contributed by atoms with van der Waals surface area (Å²) in [5.41, 5.74) is 0.916. The number of fused-ring (bicyclic) bond motifs is 1. The Morgan fingerprint density at radius 2 is 1.68 bits per heavy atom. The zero-order valence-corrected chi connectivity index (χ0v) is 12.4. The second-order valence-electron chi connectivity index (χ2n) is 4.92. The first-order valence-electron chi connectivity index (χ1n) is 6.41. The molecule has 3 aromatic rings. The third kappa shape index (κ3) is 2.46. The molecule has 0 spiro atoms. The van der Waals surface area contributed by atoms with E-state index in [1.165, 1.54) is 0 Å². The van der Waals surface area contributed by atoms with Gasteiger partial charge in [0.1, 0.15) is 16.5 Å². The monoisotopic (exact) mass is 319 g/mol. The van der Waals surface area contributed by atoms with Crippen molar-refractivity contribution < 1.29 is 17.2 Å². The Kier molecular flexibility index (Phi) is 3.41. The smallest absolute Gasteiger partial charge is 0.178 e. The molecule has 1 aromatic heterocycles. The van der Waals surface area contributed by atoms with Crippen LogP contribution >= 0.6 is 0 Å².